The summed E-state index contributed by atoms with van der Waals surface area (Å²) in [5.74, 6) is 0. The van der Waals surface area contributed by atoms with Gasteiger partial charge in [-0.2, -0.15) is 16.8 Å². The van der Waals surface area contributed by atoms with Crippen molar-refractivity contribution in [3.8, 4) is 0 Å². The molecule has 1 aromatic rings. The maximum absolute atomic E-state index is 10.5. The van der Waals surface area contributed by atoms with Gasteiger partial charge in [0.05, 0.1) is 11.2 Å². The molecule has 0 aliphatic rings. The monoisotopic (exact) mass is 268 g/mol. The van der Waals surface area contributed by atoms with Crippen LogP contribution in [0.4, 0.5) is 0 Å². The largest absolute Gasteiger partial charge is 0.294 e. The molecule has 0 aliphatic carbocycles. The Labute approximate surface area is 94.4 Å². The van der Waals surface area contributed by atoms with E-state index in [0.717, 1.165) is 5.56 Å². The third-order valence-electron chi connectivity index (χ3n) is 1.32. The maximum atomic E-state index is 10.5. The lowest BCUT2D eigenvalue weighted by Crippen LogP contribution is -1.96. The van der Waals surface area contributed by atoms with Crippen molar-refractivity contribution in [3.63, 3.8) is 0 Å². The third-order valence-corrected chi connectivity index (χ3v) is 2.19. The Morgan fingerprint density at radius 2 is 1.25 bits per heavy atom. The third kappa shape index (κ3) is 8.36. The molecule has 0 radical (unpaired) electrons. The quantitative estimate of drug-likeness (QED) is 0.727. The Balaban J connectivity index is 0.000000385. The van der Waals surface area contributed by atoms with Crippen molar-refractivity contribution in [1.29, 1.82) is 0 Å². The van der Waals surface area contributed by atoms with Crippen molar-refractivity contribution in [2.24, 2.45) is 0 Å². The van der Waals surface area contributed by atoms with Crippen LogP contribution in [0.15, 0.2) is 29.2 Å². The lowest BCUT2D eigenvalue weighted by Gasteiger charge is -1.95. The van der Waals surface area contributed by atoms with Crippen molar-refractivity contribution < 1.29 is 25.9 Å². The second-order valence-electron chi connectivity index (χ2n) is 3.02. The highest BCUT2D eigenvalue weighted by Gasteiger charge is 2.06. The lowest BCUT2D eigenvalue weighted by atomic mass is 10.2. The Kier molecular flexibility index (Phi) is 5.07. The van der Waals surface area contributed by atoms with Crippen molar-refractivity contribution in [2.45, 2.75) is 11.8 Å². The van der Waals surface area contributed by atoms with Crippen molar-refractivity contribution in [2.75, 3.05) is 6.26 Å². The van der Waals surface area contributed by atoms with Crippen LogP contribution in [0.3, 0.4) is 0 Å². The van der Waals surface area contributed by atoms with E-state index in [2.05, 4.69) is 0 Å². The molecule has 8 heteroatoms. The summed E-state index contributed by atoms with van der Waals surface area (Å²) in [4.78, 5) is -0.0666. The number of benzene rings is 1. The van der Waals surface area contributed by atoms with E-state index in [1.54, 1.807) is 12.1 Å². The van der Waals surface area contributed by atoms with E-state index in [4.69, 9.17) is 9.11 Å². The first-order valence-electron chi connectivity index (χ1n) is 3.97. The molecule has 0 heterocycles. The van der Waals surface area contributed by atoms with Crippen molar-refractivity contribution in [3.05, 3.63) is 29.8 Å². The molecule has 1 aromatic carbocycles. The summed E-state index contributed by atoms with van der Waals surface area (Å²) in [5, 5.41) is 0. The van der Waals surface area contributed by atoms with Crippen LogP contribution in [0.5, 0.6) is 0 Å². The van der Waals surface area contributed by atoms with Crippen LogP contribution in [0.25, 0.3) is 0 Å². The highest BCUT2D eigenvalue weighted by Crippen LogP contribution is 2.08. The van der Waals surface area contributed by atoms with E-state index in [-0.39, 0.29) is 4.90 Å². The molecule has 6 nitrogen and oxygen atoms in total. The highest BCUT2D eigenvalue weighted by atomic mass is 32.2. The minimum absolute atomic E-state index is 0.0666. The van der Waals surface area contributed by atoms with Gasteiger partial charge in [-0.25, -0.2) is 0 Å². The topological polar surface area (TPSA) is 109 Å². The Hall–Kier alpha value is -0.960. The first-order valence-corrected chi connectivity index (χ1v) is 7.25. The van der Waals surface area contributed by atoms with Gasteiger partial charge in [0.25, 0.3) is 20.2 Å². The molecule has 92 valence electrons. The average molecular weight is 268 g/mol. The van der Waals surface area contributed by atoms with Gasteiger partial charge in [-0.05, 0) is 19.1 Å². The molecule has 0 saturated carbocycles. The smallest absolute Gasteiger partial charge is 0.286 e. The first-order chi connectivity index (χ1) is 7.00. The van der Waals surface area contributed by atoms with Gasteiger partial charge in [0.1, 0.15) is 0 Å². The van der Waals surface area contributed by atoms with Gasteiger partial charge >= 0.3 is 0 Å². The number of hydrogen-bond donors (Lipinski definition) is 2. The summed E-state index contributed by atoms with van der Waals surface area (Å²) in [6, 6.07) is 5.99. The van der Waals surface area contributed by atoms with Gasteiger partial charge in [-0.3, -0.25) is 9.11 Å². The predicted molar refractivity (Wildman–Crippen MR) is 58.5 cm³/mol. The van der Waals surface area contributed by atoms with E-state index in [0.29, 0.717) is 6.26 Å². The SMILES string of the molecule is CS(=O)(=O)O.Cc1ccc(S(=O)(=O)O)cc1. The molecule has 0 aromatic heterocycles. The summed E-state index contributed by atoms with van der Waals surface area (Å²) in [6.45, 7) is 1.84. The zero-order valence-electron chi connectivity index (χ0n) is 8.65. The van der Waals surface area contributed by atoms with Crippen LogP contribution < -0.4 is 0 Å². The maximum Gasteiger partial charge on any atom is 0.294 e. The number of hydrogen-bond acceptors (Lipinski definition) is 4. The first kappa shape index (κ1) is 15.0. The van der Waals surface area contributed by atoms with E-state index >= 15 is 0 Å². The lowest BCUT2D eigenvalue weighted by molar-refractivity contribution is 0.482. The van der Waals surface area contributed by atoms with Gasteiger partial charge in [0.2, 0.25) is 0 Å². The van der Waals surface area contributed by atoms with Gasteiger partial charge in [0.15, 0.2) is 0 Å². The fourth-order valence-corrected chi connectivity index (χ4v) is 1.19. The fourth-order valence-electron chi connectivity index (χ4n) is 0.710. The molecule has 0 amide bonds. The van der Waals surface area contributed by atoms with Crippen LogP contribution in [0.2, 0.25) is 0 Å². The molecule has 16 heavy (non-hydrogen) atoms. The Morgan fingerprint density at radius 1 is 0.938 bits per heavy atom. The van der Waals surface area contributed by atoms with Crippen molar-refractivity contribution in [1.82, 2.24) is 0 Å². The molecule has 0 aliphatic heterocycles. The van der Waals surface area contributed by atoms with Crippen molar-refractivity contribution >= 4 is 20.2 Å². The normalized spacial score (nSPS) is 11.5. The number of rotatable bonds is 1. The Bertz CT molecular complexity index is 518. The molecule has 1 rings (SSSR count). The fraction of sp³-hybridized carbons (Fsp3) is 0.250. The molecule has 0 fully saturated rings. The summed E-state index contributed by atoms with van der Waals surface area (Å²) >= 11 is 0. The molecule has 0 unspecified atom stereocenters. The second kappa shape index (κ2) is 5.39. The molecule has 0 atom stereocenters. The minimum Gasteiger partial charge on any atom is -0.286 e. The van der Waals surface area contributed by atoms with Crippen LogP contribution in [-0.2, 0) is 20.2 Å². The minimum atomic E-state index is -4.02. The second-order valence-corrected chi connectivity index (χ2v) is 5.91. The molecule has 2 N–H and O–H groups in total. The van der Waals surface area contributed by atoms with Gasteiger partial charge < -0.3 is 0 Å². The summed E-state index contributed by atoms with van der Waals surface area (Å²) in [6.07, 6.45) is 0.715. The zero-order valence-corrected chi connectivity index (χ0v) is 10.3. The summed E-state index contributed by atoms with van der Waals surface area (Å²) in [5.41, 5.74) is 0.956. The van der Waals surface area contributed by atoms with Gasteiger partial charge in [-0.15, -0.1) is 0 Å². The van der Waals surface area contributed by atoms with Gasteiger partial charge in [-0.1, -0.05) is 17.7 Å². The molecule has 0 spiro atoms. The van der Waals surface area contributed by atoms with Crippen LogP contribution >= 0.6 is 0 Å². The van der Waals surface area contributed by atoms with Crippen LogP contribution in [0.1, 0.15) is 5.56 Å². The average Bonchev–Trinajstić information content (AvgIpc) is 1.99. The number of aryl methyl sites for hydroxylation is 1. The van der Waals surface area contributed by atoms with E-state index in [1.807, 2.05) is 6.92 Å². The van der Waals surface area contributed by atoms with E-state index in [1.165, 1.54) is 12.1 Å². The van der Waals surface area contributed by atoms with Crippen LogP contribution in [0, 0.1) is 6.92 Å². The predicted octanol–water partition coefficient (Wildman–Crippen LogP) is 0.746. The van der Waals surface area contributed by atoms with E-state index < -0.39 is 20.2 Å². The highest BCUT2D eigenvalue weighted by molar-refractivity contribution is 7.85. The molecular formula is C8H12O6S2. The molecule has 0 saturated heterocycles. The Morgan fingerprint density at radius 3 is 1.50 bits per heavy atom. The zero-order chi connectivity index (χ0) is 13.0. The molecular weight excluding hydrogens is 256 g/mol. The summed E-state index contributed by atoms with van der Waals surface area (Å²) in [7, 11) is -7.69. The van der Waals surface area contributed by atoms with Crippen LogP contribution in [-0.4, -0.2) is 32.2 Å². The standard InChI is InChI=1S/C7H8O3S.CH4O3S/c1-6-2-4-7(5-3-6)11(8,9)10;1-5(2,3)4/h2-5H,1H3,(H,8,9,10);1H3,(H,2,3,4). The summed E-state index contributed by atoms with van der Waals surface area (Å²) < 4.78 is 55.4. The molecule has 0 bridgehead atoms. The van der Waals surface area contributed by atoms with Gasteiger partial charge in [0, 0.05) is 0 Å². The van der Waals surface area contributed by atoms with E-state index in [9.17, 15) is 16.8 Å².